The van der Waals surface area contributed by atoms with E-state index in [-0.39, 0.29) is 5.56 Å². The summed E-state index contributed by atoms with van der Waals surface area (Å²) in [4.78, 5) is 0. The Bertz CT molecular complexity index is 273. The second kappa shape index (κ2) is 3.83. The minimum absolute atomic E-state index is 0.136. The van der Waals surface area contributed by atoms with Crippen molar-refractivity contribution in [1.82, 2.24) is 9.78 Å². The van der Waals surface area contributed by atoms with Crippen LogP contribution in [0.2, 0.25) is 0 Å². The van der Waals surface area contributed by atoms with Crippen molar-refractivity contribution in [3.8, 4) is 0 Å². The second-order valence-electron chi connectivity index (χ2n) is 2.76. The average Bonchev–Trinajstić information content (AvgIpc) is 2.52. The van der Waals surface area contributed by atoms with Crippen LogP contribution >= 0.6 is 0 Å². The van der Waals surface area contributed by atoms with Crippen LogP contribution in [0.4, 0.5) is 8.78 Å². The Hall–Kier alpha value is -0.970. The topological polar surface area (TPSA) is 38.0 Å². The minimum Gasteiger partial charge on any atom is -0.396 e. The van der Waals surface area contributed by atoms with Crippen LogP contribution in [0.25, 0.3) is 0 Å². The summed E-state index contributed by atoms with van der Waals surface area (Å²) in [6, 6.07) is 0. The summed E-state index contributed by atoms with van der Waals surface area (Å²) in [7, 11) is 0. The molecule has 13 heavy (non-hydrogen) atoms. The van der Waals surface area contributed by atoms with Gasteiger partial charge in [-0.25, -0.2) is 8.78 Å². The molecule has 74 valence electrons. The Morgan fingerprint density at radius 1 is 1.62 bits per heavy atom. The van der Waals surface area contributed by atoms with Crippen molar-refractivity contribution in [2.45, 2.75) is 25.8 Å². The molecule has 0 saturated carbocycles. The Morgan fingerprint density at radius 3 is 2.77 bits per heavy atom. The van der Waals surface area contributed by atoms with Gasteiger partial charge in [0.05, 0.1) is 11.8 Å². The largest absolute Gasteiger partial charge is 0.396 e. The predicted octanol–water partition coefficient (Wildman–Crippen LogP) is 1.38. The van der Waals surface area contributed by atoms with E-state index in [4.69, 9.17) is 5.11 Å². The van der Waals surface area contributed by atoms with Gasteiger partial charge in [0.25, 0.3) is 5.92 Å². The lowest BCUT2D eigenvalue weighted by molar-refractivity contribution is -0.0270. The minimum atomic E-state index is -2.97. The van der Waals surface area contributed by atoms with Crippen LogP contribution in [0.5, 0.6) is 0 Å². The summed E-state index contributed by atoms with van der Waals surface area (Å²) in [5.41, 5.74) is -0.136. The number of alkyl halides is 2. The van der Waals surface area contributed by atoms with Crippen molar-refractivity contribution in [3.05, 3.63) is 18.0 Å². The van der Waals surface area contributed by atoms with Gasteiger partial charge in [-0.2, -0.15) is 5.10 Å². The molecule has 1 heterocycles. The van der Waals surface area contributed by atoms with Gasteiger partial charge in [-0.05, 0) is 6.92 Å². The molecule has 0 radical (unpaired) electrons. The van der Waals surface area contributed by atoms with Crippen LogP contribution in [-0.2, 0) is 12.5 Å². The van der Waals surface area contributed by atoms with Crippen LogP contribution in [0.1, 0.15) is 18.9 Å². The molecule has 0 fully saturated rings. The summed E-state index contributed by atoms with van der Waals surface area (Å²) >= 11 is 0. The van der Waals surface area contributed by atoms with Crippen LogP contribution in [0.15, 0.2) is 12.4 Å². The normalized spacial score (nSPS) is 12.0. The van der Waals surface area contributed by atoms with Crippen molar-refractivity contribution >= 4 is 0 Å². The highest BCUT2D eigenvalue weighted by Gasteiger charge is 2.32. The first kappa shape index (κ1) is 10.1. The molecule has 1 N–H and O–H groups in total. The molecule has 0 atom stereocenters. The second-order valence-corrected chi connectivity index (χ2v) is 2.76. The summed E-state index contributed by atoms with van der Waals surface area (Å²) in [6.07, 6.45) is 1.89. The van der Waals surface area contributed by atoms with Gasteiger partial charge in [0.1, 0.15) is 0 Å². The van der Waals surface area contributed by atoms with Crippen LogP contribution < -0.4 is 0 Å². The molecule has 1 rings (SSSR count). The molecule has 0 spiro atoms. The van der Waals surface area contributed by atoms with Gasteiger partial charge >= 0.3 is 0 Å². The van der Waals surface area contributed by atoms with E-state index in [0.717, 1.165) is 6.20 Å². The molecule has 0 unspecified atom stereocenters. The standard InChI is InChI=1S/C8H12F2N2O/c1-2-12-6-7(5-11-12)8(9,10)3-4-13/h5-6,13H,2-4H2,1H3. The Balaban J connectivity index is 2.80. The monoisotopic (exact) mass is 190 g/mol. The highest BCUT2D eigenvalue weighted by atomic mass is 19.3. The Kier molecular flexibility index (Phi) is 2.98. The van der Waals surface area contributed by atoms with Crippen molar-refractivity contribution < 1.29 is 13.9 Å². The molecule has 0 bridgehead atoms. The zero-order valence-electron chi connectivity index (χ0n) is 7.37. The lowest BCUT2D eigenvalue weighted by atomic mass is 10.1. The van der Waals surface area contributed by atoms with Gasteiger partial charge in [0, 0.05) is 25.8 Å². The van der Waals surface area contributed by atoms with Crippen LogP contribution in [0.3, 0.4) is 0 Å². The van der Waals surface area contributed by atoms with E-state index in [9.17, 15) is 8.78 Å². The fourth-order valence-corrected chi connectivity index (χ4v) is 1.01. The maximum atomic E-state index is 13.1. The Labute approximate surface area is 75.0 Å². The Morgan fingerprint density at radius 2 is 2.31 bits per heavy atom. The third-order valence-corrected chi connectivity index (χ3v) is 1.81. The lowest BCUT2D eigenvalue weighted by Gasteiger charge is -2.11. The summed E-state index contributed by atoms with van der Waals surface area (Å²) in [5.74, 6) is -2.97. The van der Waals surface area contributed by atoms with Crippen LogP contribution in [-0.4, -0.2) is 21.5 Å². The molecule has 1 aromatic rings. The third-order valence-electron chi connectivity index (χ3n) is 1.81. The lowest BCUT2D eigenvalue weighted by Crippen LogP contribution is -2.14. The smallest absolute Gasteiger partial charge is 0.278 e. The maximum Gasteiger partial charge on any atom is 0.278 e. The number of aliphatic hydroxyl groups excluding tert-OH is 1. The molecular formula is C8H12F2N2O. The van der Waals surface area contributed by atoms with Gasteiger partial charge in [0.2, 0.25) is 0 Å². The first-order valence-corrected chi connectivity index (χ1v) is 4.11. The van der Waals surface area contributed by atoms with Gasteiger partial charge in [0.15, 0.2) is 0 Å². The number of aryl methyl sites for hydroxylation is 1. The molecule has 0 saturated heterocycles. The van der Waals surface area contributed by atoms with Gasteiger partial charge in [-0.3, -0.25) is 4.68 Å². The van der Waals surface area contributed by atoms with E-state index >= 15 is 0 Å². The molecule has 5 heteroatoms. The summed E-state index contributed by atoms with van der Waals surface area (Å²) in [5, 5.41) is 12.2. The van der Waals surface area contributed by atoms with Crippen molar-refractivity contribution in [2.24, 2.45) is 0 Å². The van der Waals surface area contributed by atoms with E-state index in [1.807, 2.05) is 6.92 Å². The number of nitrogens with zero attached hydrogens (tertiary/aromatic N) is 2. The molecule has 0 aliphatic carbocycles. The zero-order chi connectivity index (χ0) is 9.90. The van der Waals surface area contributed by atoms with Gasteiger partial charge < -0.3 is 5.11 Å². The highest BCUT2D eigenvalue weighted by molar-refractivity contribution is 5.11. The van der Waals surface area contributed by atoms with Crippen LogP contribution in [0, 0.1) is 0 Å². The maximum absolute atomic E-state index is 13.1. The first-order valence-electron chi connectivity index (χ1n) is 4.11. The number of aliphatic hydroxyl groups is 1. The average molecular weight is 190 g/mol. The quantitative estimate of drug-likeness (QED) is 0.778. The summed E-state index contributed by atoms with van der Waals surface area (Å²) in [6.45, 7) is 1.86. The first-order chi connectivity index (χ1) is 6.10. The molecule has 0 amide bonds. The van der Waals surface area contributed by atoms with E-state index in [0.29, 0.717) is 6.54 Å². The number of hydrogen-bond acceptors (Lipinski definition) is 2. The van der Waals surface area contributed by atoms with Gasteiger partial charge in [-0.15, -0.1) is 0 Å². The molecule has 3 nitrogen and oxygen atoms in total. The fraction of sp³-hybridized carbons (Fsp3) is 0.625. The predicted molar refractivity (Wildman–Crippen MR) is 43.5 cm³/mol. The van der Waals surface area contributed by atoms with E-state index < -0.39 is 19.0 Å². The molecule has 1 aromatic heterocycles. The number of rotatable bonds is 4. The van der Waals surface area contributed by atoms with Crippen molar-refractivity contribution in [3.63, 3.8) is 0 Å². The van der Waals surface area contributed by atoms with E-state index in [1.165, 1.54) is 10.9 Å². The third kappa shape index (κ3) is 2.24. The van der Waals surface area contributed by atoms with E-state index in [1.54, 1.807) is 0 Å². The number of halogens is 2. The molecule has 0 aromatic carbocycles. The molecule has 0 aliphatic rings. The van der Waals surface area contributed by atoms with Crippen molar-refractivity contribution in [2.75, 3.05) is 6.61 Å². The van der Waals surface area contributed by atoms with Crippen molar-refractivity contribution in [1.29, 1.82) is 0 Å². The number of hydrogen-bond donors (Lipinski definition) is 1. The fourth-order valence-electron chi connectivity index (χ4n) is 1.01. The molecule has 0 aliphatic heterocycles. The highest BCUT2D eigenvalue weighted by Crippen LogP contribution is 2.30. The summed E-state index contributed by atoms with van der Waals surface area (Å²) < 4.78 is 27.6. The zero-order valence-corrected chi connectivity index (χ0v) is 7.37. The van der Waals surface area contributed by atoms with E-state index in [2.05, 4.69) is 5.10 Å². The SMILES string of the molecule is CCn1cc(C(F)(F)CCO)cn1. The number of aromatic nitrogens is 2. The van der Waals surface area contributed by atoms with Gasteiger partial charge in [-0.1, -0.05) is 0 Å². The molecular weight excluding hydrogens is 178 g/mol.